The molecule has 3 atom stereocenters. The third-order valence-electron chi connectivity index (χ3n) is 5.43. The first-order valence-corrected chi connectivity index (χ1v) is 14.4. The fraction of sp³-hybridized carbons (Fsp3) is 0.500. The summed E-state index contributed by atoms with van der Waals surface area (Å²) in [5.41, 5.74) is 3.22. The maximum atomic E-state index is 13.6. The van der Waals surface area contributed by atoms with Gasteiger partial charge in [0.1, 0.15) is 17.7 Å². The molecule has 0 bridgehead atoms. The number of amides is 3. The predicted molar refractivity (Wildman–Crippen MR) is 150 cm³/mol. The number of rotatable bonds is 10. The van der Waals surface area contributed by atoms with Gasteiger partial charge in [0.05, 0.1) is 6.10 Å². The molecule has 0 aliphatic carbocycles. The molecule has 0 spiro atoms. The highest BCUT2D eigenvalue weighted by atomic mass is 32.2. The van der Waals surface area contributed by atoms with Gasteiger partial charge >= 0.3 is 24.2 Å². The van der Waals surface area contributed by atoms with Gasteiger partial charge in [0.15, 0.2) is 10.8 Å². The van der Waals surface area contributed by atoms with Crippen LogP contribution in [0.5, 0.6) is 0 Å². The number of anilines is 1. The Labute approximate surface area is 253 Å². The number of esters is 1. The second-order valence-corrected chi connectivity index (χ2v) is 11.4. The van der Waals surface area contributed by atoms with Gasteiger partial charge in [-0.2, -0.15) is 0 Å². The summed E-state index contributed by atoms with van der Waals surface area (Å²) in [6.45, 7) is 5.30. The highest BCUT2D eigenvalue weighted by Gasteiger charge is 2.69. The van der Waals surface area contributed by atoms with Gasteiger partial charge in [-0.15, -0.1) is 23.1 Å². The number of nitrogens with zero attached hydrogens (tertiary/aromatic N) is 4. The number of thiazole rings is 1. The molecule has 3 N–H and O–H groups in total. The number of hydrogen-bond donors (Lipinski definition) is 2. The Morgan fingerprint density at radius 3 is 2.49 bits per heavy atom. The number of nitrogens with one attached hydrogen (secondary N) is 1. The van der Waals surface area contributed by atoms with Gasteiger partial charge in [0, 0.05) is 45.3 Å². The molecule has 0 aromatic carbocycles. The molecule has 1 saturated heterocycles. The monoisotopic (exact) mass is 642 g/mol. The fourth-order valence-corrected chi connectivity index (χ4v) is 5.50. The fourth-order valence-electron chi connectivity index (χ4n) is 3.60. The Balaban J connectivity index is 1.91. The number of carbonyl (C=O) groups is 6. The minimum Gasteiger partial charge on any atom is -0.445 e. The average Bonchev–Trinajstić information content (AvgIpc) is 3.34. The summed E-state index contributed by atoms with van der Waals surface area (Å²) in [5.74, 6) is -3.96. The van der Waals surface area contributed by atoms with Crippen LogP contribution in [0.3, 0.4) is 0 Å². The number of aromatic nitrogens is 1. The number of ether oxygens (including phenoxy) is 4. The molecule has 0 radical (unpaired) electrons. The minimum atomic E-state index is -2.35. The Hall–Kier alpha value is -4.39. The second-order valence-electron chi connectivity index (χ2n) is 9.48. The van der Waals surface area contributed by atoms with Gasteiger partial charge in [0.2, 0.25) is 11.8 Å². The van der Waals surface area contributed by atoms with Crippen LogP contribution in [0, 0.1) is 0 Å². The summed E-state index contributed by atoms with van der Waals surface area (Å²) in [6.07, 6.45) is -2.36. The van der Waals surface area contributed by atoms with Crippen molar-refractivity contribution >= 4 is 69.9 Å². The number of oxime groups is 1. The van der Waals surface area contributed by atoms with Crippen LogP contribution in [0.25, 0.3) is 0 Å². The lowest BCUT2D eigenvalue weighted by molar-refractivity contribution is -0.188. The van der Waals surface area contributed by atoms with Crippen molar-refractivity contribution in [1.82, 2.24) is 20.1 Å². The Morgan fingerprint density at radius 2 is 1.91 bits per heavy atom. The third kappa shape index (κ3) is 7.72. The minimum absolute atomic E-state index is 0.0630. The molecule has 1 aromatic heterocycles. The molecule has 3 heterocycles. The van der Waals surface area contributed by atoms with Crippen molar-refractivity contribution < 1.29 is 52.6 Å². The Bertz CT molecular complexity index is 1360. The molecule has 2 aliphatic rings. The Kier molecular flexibility index (Phi) is 10.6. The van der Waals surface area contributed by atoms with Crippen molar-refractivity contribution in [2.45, 2.75) is 51.0 Å². The summed E-state index contributed by atoms with van der Waals surface area (Å²) in [7, 11) is 3.02. The molecule has 1 unspecified atom stereocenters. The van der Waals surface area contributed by atoms with Gasteiger partial charge in [-0.3, -0.25) is 9.59 Å². The summed E-state index contributed by atoms with van der Waals surface area (Å²) in [5, 5.41) is 6.28. The predicted octanol–water partition coefficient (Wildman–Crippen LogP) is 0.796. The van der Waals surface area contributed by atoms with Gasteiger partial charge < -0.3 is 44.6 Å². The van der Waals surface area contributed by atoms with E-state index in [0.717, 1.165) is 34.9 Å². The zero-order chi connectivity index (χ0) is 32.1. The van der Waals surface area contributed by atoms with Crippen LogP contribution in [-0.4, -0.2) is 106 Å². The van der Waals surface area contributed by atoms with Crippen LogP contribution in [0.4, 0.5) is 14.7 Å². The van der Waals surface area contributed by atoms with Crippen LogP contribution >= 0.6 is 23.1 Å². The molecular formula is C24H30N6O11S2. The molecule has 3 rings (SSSR count). The van der Waals surface area contributed by atoms with Crippen molar-refractivity contribution in [1.29, 1.82) is 0 Å². The maximum Gasteiger partial charge on any atom is 0.511 e. The molecule has 0 saturated carbocycles. The normalized spacial score (nSPS) is 20.1. The van der Waals surface area contributed by atoms with E-state index in [1.54, 1.807) is 13.8 Å². The lowest BCUT2D eigenvalue weighted by Crippen LogP contribution is -2.82. The smallest absolute Gasteiger partial charge is 0.445 e. The summed E-state index contributed by atoms with van der Waals surface area (Å²) < 4.78 is 20.2. The van der Waals surface area contributed by atoms with Crippen LogP contribution in [0.2, 0.25) is 0 Å². The van der Waals surface area contributed by atoms with Crippen LogP contribution < -0.4 is 11.1 Å². The number of carbonyl (C=O) groups excluding carboxylic acids is 6. The van der Waals surface area contributed by atoms with E-state index in [1.807, 2.05) is 0 Å². The molecular weight excluding hydrogens is 612 g/mol. The molecule has 1 aromatic rings. The van der Waals surface area contributed by atoms with Crippen molar-refractivity contribution in [2.24, 2.45) is 5.16 Å². The molecule has 43 heavy (non-hydrogen) atoms. The molecule has 17 nitrogen and oxygen atoms in total. The van der Waals surface area contributed by atoms with Crippen molar-refractivity contribution in [3.05, 3.63) is 22.8 Å². The maximum absolute atomic E-state index is 13.6. The summed E-state index contributed by atoms with van der Waals surface area (Å²) in [6, 6.07) is 0. The third-order valence-corrected chi connectivity index (χ3v) is 7.54. The molecule has 1 fully saturated rings. The number of thioether (sulfide) groups is 1. The van der Waals surface area contributed by atoms with Gasteiger partial charge in [-0.1, -0.05) is 5.16 Å². The first kappa shape index (κ1) is 33.1. The number of fused-ring (bicyclic) bond motifs is 1. The van der Waals surface area contributed by atoms with E-state index in [1.165, 1.54) is 37.5 Å². The van der Waals surface area contributed by atoms with Gasteiger partial charge in [-0.05, 0) is 19.4 Å². The zero-order valence-corrected chi connectivity index (χ0v) is 25.6. The molecule has 234 valence electrons. The number of nitrogens with two attached hydrogens (primary N) is 1. The number of nitrogen functional groups attached to an aromatic ring is 1. The molecule has 2 aliphatic heterocycles. The average molecular weight is 643 g/mol. The van der Waals surface area contributed by atoms with Crippen molar-refractivity contribution in [3.63, 3.8) is 0 Å². The van der Waals surface area contributed by atoms with Crippen LogP contribution in [0.1, 0.15) is 33.4 Å². The van der Waals surface area contributed by atoms with E-state index in [0.29, 0.717) is 5.57 Å². The van der Waals surface area contributed by atoms with E-state index in [2.05, 4.69) is 20.3 Å². The first-order valence-electron chi connectivity index (χ1n) is 12.5. The number of β-lactam (4-membered cyclic amide) rings is 1. The standard InChI is InChI=1S/C24H30N6O11S2/c1-11(2)38-23(36)40-13(4)39-20(34)24(27-17(32)16(28-41-12(3)31)15-10-43-21(25)26-15)18(33)30-7-14(9-42-19(24)30)8-37-22(35)29(5)6/h7,10-11,13,19H,8-9H2,1-6H3,(H2,25,26)(H,27,32)/t13?,19-,24+/m0/s1. The summed E-state index contributed by atoms with van der Waals surface area (Å²) >= 11 is 2.03. The van der Waals surface area contributed by atoms with Crippen LogP contribution in [0.15, 0.2) is 22.3 Å². The highest BCUT2D eigenvalue weighted by Crippen LogP contribution is 2.44. The molecule has 3 amide bonds. The van der Waals surface area contributed by atoms with E-state index in [4.69, 9.17) is 24.7 Å². The second kappa shape index (κ2) is 13.7. The van der Waals surface area contributed by atoms with E-state index >= 15 is 0 Å². The largest absolute Gasteiger partial charge is 0.511 e. The highest BCUT2D eigenvalue weighted by molar-refractivity contribution is 8.00. The van der Waals surface area contributed by atoms with Gasteiger partial charge in [0.25, 0.3) is 11.8 Å². The van der Waals surface area contributed by atoms with Crippen molar-refractivity contribution in [3.8, 4) is 0 Å². The zero-order valence-electron chi connectivity index (χ0n) is 24.0. The molecule has 19 heteroatoms. The van der Waals surface area contributed by atoms with E-state index < -0.39 is 65.0 Å². The topological polar surface area (TPSA) is 218 Å². The van der Waals surface area contributed by atoms with E-state index in [-0.39, 0.29) is 23.2 Å². The van der Waals surface area contributed by atoms with E-state index in [9.17, 15) is 28.8 Å². The summed E-state index contributed by atoms with van der Waals surface area (Å²) in [4.78, 5) is 86.8. The first-order chi connectivity index (χ1) is 20.1. The van der Waals surface area contributed by atoms with Crippen molar-refractivity contribution in [2.75, 3.05) is 32.2 Å². The van der Waals surface area contributed by atoms with Crippen LogP contribution in [-0.2, 0) is 43.0 Å². The lowest BCUT2D eigenvalue weighted by atomic mass is 9.87. The van der Waals surface area contributed by atoms with Gasteiger partial charge in [-0.25, -0.2) is 24.2 Å². The quantitative estimate of drug-likeness (QED) is 0.0527. The SMILES string of the molecule is CC(=O)ON=C(C(=O)N[C@]1(C(=O)OC(C)OC(=O)OC(C)C)C(=O)N2C=C(COC(=O)N(C)C)CS[C@H]21)c1csc(N)n1. The lowest BCUT2D eigenvalue weighted by Gasteiger charge is -2.53. The number of hydrogen-bond acceptors (Lipinski definition) is 16. The Morgan fingerprint density at radius 1 is 1.21 bits per heavy atom.